The van der Waals surface area contributed by atoms with Gasteiger partial charge >= 0.3 is 0 Å². The lowest BCUT2D eigenvalue weighted by Gasteiger charge is -2.34. The van der Waals surface area contributed by atoms with Gasteiger partial charge in [-0.15, -0.1) is 0 Å². The van der Waals surface area contributed by atoms with Crippen LogP contribution in [0.4, 0.5) is 5.69 Å². The van der Waals surface area contributed by atoms with E-state index in [1.807, 2.05) is 0 Å². The molecule has 1 aliphatic rings. The number of carbonyl (C=O) groups is 3. The number of amides is 3. The van der Waals surface area contributed by atoms with Crippen LogP contribution in [0.3, 0.4) is 0 Å². The largest absolute Gasteiger partial charge is 0.477 e. The Morgan fingerprint density at radius 3 is 2.72 bits per heavy atom. The van der Waals surface area contributed by atoms with E-state index in [4.69, 9.17) is 9.15 Å². The molecule has 8 heteroatoms. The molecule has 1 atom stereocenters. The van der Waals surface area contributed by atoms with Crippen LogP contribution >= 0.6 is 0 Å². The second-order valence-electron chi connectivity index (χ2n) is 5.35. The van der Waals surface area contributed by atoms with Gasteiger partial charge in [-0.3, -0.25) is 14.4 Å². The second-order valence-corrected chi connectivity index (χ2v) is 5.35. The molecule has 0 spiro atoms. The zero-order valence-corrected chi connectivity index (χ0v) is 13.5. The number of nitrogens with zero attached hydrogens (tertiary/aromatic N) is 1. The van der Waals surface area contributed by atoms with E-state index < -0.39 is 12.0 Å². The molecule has 1 aromatic carbocycles. The van der Waals surface area contributed by atoms with Crippen molar-refractivity contribution in [1.82, 2.24) is 10.6 Å². The van der Waals surface area contributed by atoms with Gasteiger partial charge in [0.25, 0.3) is 11.8 Å². The van der Waals surface area contributed by atoms with Gasteiger partial charge in [-0.25, -0.2) is 0 Å². The van der Waals surface area contributed by atoms with E-state index in [2.05, 4.69) is 10.6 Å². The Morgan fingerprint density at radius 2 is 2.00 bits per heavy atom. The third kappa shape index (κ3) is 3.47. The number of furan rings is 1. The minimum absolute atomic E-state index is 0.0616. The van der Waals surface area contributed by atoms with Gasteiger partial charge in [0.1, 0.15) is 5.75 Å². The maximum absolute atomic E-state index is 12.6. The highest BCUT2D eigenvalue weighted by Gasteiger charge is 2.33. The first-order valence-electron chi connectivity index (χ1n) is 7.69. The molecule has 130 valence electrons. The first-order chi connectivity index (χ1) is 12.1. The van der Waals surface area contributed by atoms with Gasteiger partial charge in [-0.1, -0.05) is 12.1 Å². The van der Waals surface area contributed by atoms with E-state index in [0.29, 0.717) is 11.4 Å². The highest BCUT2D eigenvalue weighted by molar-refractivity contribution is 6.01. The highest BCUT2D eigenvalue weighted by atomic mass is 16.5. The molecule has 8 nitrogen and oxygen atoms in total. The molecule has 0 saturated carbocycles. The molecule has 0 unspecified atom stereocenters. The van der Waals surface area contributed by atoms with Crippen LogP contribution in [-0.2, 0) is 9.59 Å². The minimum Gasteiger partial charge on any atom is -0.477 e. The molecule has 2 N–H and O–H groups in total. The summed E-state index contributed by atoms with van der Waals surface area (Å²) >= 11 is 0. The summed E-state index contributed by atoms with van der Waals surface area (Å²) in [5, 5.41) is 5.02. The van der Waals surface area contributed by atoms with Crippen molar-refractivity contribution in [2.24, 2.45) is 0 Å². The number of ether oxygens (including phenoxy) is 1. The number of hydrogen-bond acceptors (Lipinski definition) is 5. The molecular weight excluding hydrogens is 326 g/mol. The van der Waals surface area contributed by atoms with Crippen LogP contribution in [0.2, 0.25) is 0 Å². The van der Waals surface area contributed by atoms with Crippen LogP contribution < -0.4 is 20.3 Å². The maximum atomic E-state index is 12.6. The number of likely N-dealkylation sites (N-methyl/N-ethyl adjacent to an activating group) is 1. The molecular formula is C17H17N3O5. The lowest BCUT2D eigenvalue weighted by molar-refractivity contribution is -0.127. The monoisotopic (exact) mass is 343 g/mol. The standard InChI is InChI=1S/C17H17N3O5/c1-18-16(22)14-10-20(11-5-2-3-6-12(11)25-14)15(21)9-19-17(23)13-7-4-8-24-13/h2-8,14H,9-10H2,1H3,(H,18,22)(H,19,23)/t14-/m0/s1. The normalized spacial score (nSPS) is 15.7. The van der Waals surface area contributed by atoms with Gasteiger partial charge in [-0.05, 0) is 24.3 Å². The van der Waals surface area contributed by atoms with Crippen molar-refractivity contribution in [3.8, 4) is 5.75 Å². The second kappa shape index (κ2) is 7.08. The number of carbonyl (C=O) groups excluding carboxylic acids is 3. The molecule has 1 aromatic heterocycles. The highest BCUT2D eigenvalue weighted by Crippen LogP contribution is 2.33. The lowest BCUT2D eigenvalue weighted by atomic mass is 10.1. The van der Waals surface area contributed by atoms with Crippen LogP contribution in [-0.4, -0.2) is 44.0 Å². The molecule has 3 amide bonds. The van der Waals surface area contributed by atoms with Gasteiger partial charge < -0.3 is 24.7 Å². The summed E-state index contributed by atoms with van der Waals surface area (Å²) in [6.45, 7) is -0.166. The third-order valence-electron chi connectivity index (χ3n) is 3.76. The van der Waals surface area contributed by atoms with E-state index in [1.54, 1.807) is 30.3 Å². The van der Waals surface area contributed by atoms with E-state index in [1.165, 1.54) is 24.3 Å². The summed E-state index contributed by atoms with van der Waals surface area (Å²) < 4.78 is 10.6. The molecule has 2 aromatic rings. The average molecular weight is 343 g/mol. The summed E-state index contributed by atoms with van der Waals surface area (Å²) in [6.07, 6.45) is 0.563. The fourth-order valence-corrected chi connectivity index (χ4v) is 2.51. The number of rotatable bonds is 4. The van der Waals surface area contributed by atoms with Crippen LogP contribution in [0, 0.1) is 0 Å². The topological polar surface area (TPSA) is 101 Å². The predicted molar refractivity (Wildman–Crippen MR) is 88.3 cm³/mol. The average Bonchev–Trinajstić information content (AvgIpc) is 3.19. The Kier molecular flexibility index (Phi) is 4.69. The van der Waals surface area contributed by atoms with Crippen LogP contribution in [0.5, 0.6) is 5.75 Å². The summed E-state index contributed by atoms with van der Waals surface area (Å²) in [4.78, 5) is 37.8. The lowest BCUT2D eigenvalue weighted by Crippen LogP contribution is -2.52. The number of benzene rings is 1. The summed E-state index contributed by atoms with van der Waals surface area (Å²) in [5.74, 6) is -0.606. The van der Waals surface area contributed by atoms with Crippen LogP contribution in [0.1, 0.15) is 10.6 Å². The first-order valence-corrected chi connectivity index (χ1v) is 7.69. The molecule has 0 bridgehead atoms. The predicted octanol–water partition coefficient (Wildman–Crippen LogP) is 0.550. The maximum Gasteiger partial charge on any atom is 0.287 e. The minimum atomic E-state index is -0.815. The number of nitrogens with one attached hydrogen (secondary N) is 2. The Hall–Kier alpha value is -3.29. The van der Waals surface area contributed by atoms with Crippen molar-refractivity contribution in [2.45, 2.75) is 6.10 Å². The molecule has 0 saturated heterocycles. The smallest absolute Gasteiger partial charge is 0.287 e. The number of para-hydroxylation sites is 2. The summed E-state index contributed by atoms with van der Waals surface area (Å²) in [5.41, 5.74) is 0.555. The van der Waals surface area contributed by atoms with Crippen molar-refractivity contribution >= 4 is 23.4 Å². The zero-order valence-electron chi connectivity index (χ0n) is 13.5. The van der Waals surface area contributed by atoms with Crippen LogP contribution in [0.15, 0.2) is 47.1 Å². The first kappa shape index (κ1) is 16.6. The summed E-state index contributed by atoms with van der Waals surface area (Å²) in [7, 11) is 1.50. The van der Waals surface area contributed by atoms with Crippen molar-refractivity contribution in [3.05, 3.63) is 48.4 Å². The quantitative estimate of drug-likeness (QED) is 0.844. The fraction of sp³-hybridized carbons (Fsp3) is 0.235. The van der Waals surface area contributed by atoms with Gasteiger partial charge in [0.15, 0.2) is 11.9 Å². The molecule has 2 heterocycles. The molecule has 25 heavy (non-hydrogen) atoms. The van der Waals surface area contributed by atoms with Gasteiger partial charge in [0.2, 0.25) is 5.91 Å². The molecule has 0 radical (unpaired) electrons. The Morgan fingerprint density at radius 1 is 1.20 bits per heavy atom. The Balaban J connectivity index is 1.74. The zero-order chi connectivity index (χ0) is 17.8. The SMILES string of the molecule is CNC(=O)[C@@H]1CN(C(=O)CNC(=O)c2ccco2)c2ccccc2O1. The number of fused-ring (bicyclic) bond motifs is 1. The molecule has 1 aliphatic heterocycles. The van der Waals surface area contributed by atoms with E-state index in [0.717, 1.165) is 0 Å². The van der Waals surface area contributed by atoms with Gasteiger partial charge in [-0.2, -0.15) is 0 Å². The van der Waals surface area contributed by atoms with Crippen molar-refractivity contribution in [2.75, 3.05) is 25.0 Å². The van der Waals surface area contributed by atoms with E-state index in [9.17, 15) is 14.4 Å². The van der Waals surface area contributed by atoms with E-state index >= 15 is 0 Å². The number of hydrogen-bond donors (Lipinski definition) is 2. The molecule has 0 fully saturated rings. The van der Waals surface area contributed by atoms with Crippen LogP contribution in [0.25, 0.3) is 0 Å². The Bertz CT molecular complexity index is 787. The molecule has 0 aliphatic carbocycles. The van der Waals surface area contributed by atoms with Gasteiger partial charge in [0, 0.05) is 7.05 Å². The van der Waals surface area contributed by atoms with E-state index in [-0.39, 0.29) is 30.7 Å². The van der Waals surface area contributed by atoms with Crippen molar-refractivity contribution in [3.63, 3.8) is 0 Å². The number of anilines is 1. The van der Waals surface area contributed by atoms with Crippen molar-refractivity contribution < 1.29 is 23.5 Å². The third-order valence-corrected chi connectivity index (χ3v) is 3.76. The fourth-order valence-electron chi connectivity index (χ4n) is 2.51. The van der Waals surface area contributed by atoms with Gasteiger partial charge in [0.05, 0.1) is 25.0 Å². The molecule has 3 rings (SSSR count). The summed E-state index contributed by atoms with van der Waals surface area (Å²) in [6, 6.07) is 10.0. The Labute approximate surface area is 143 Å². The van der Waals surface area contributed by atoms with Crippen molar-refractivity contribution in [1.29, 1.82) is 0 Å².